The van der Waals surface area contributed by atoms with Crippen molar-refractivity contribution in [3.63, 3.8) is 0 Å². The predicted molar refractivity (Wildman–Crippen MR) is 173 cm³/mol. The Morgan fingerprint density at radius 2 is 1.50 bits per heavy atom. The quantitative estimate of drug-likeness (QED) is 0.152. The molecule has 0 saturated heterocycles. The topological polar surface area (TPSA) is 110 Å². The minimum atomic E-state index is -4.18. The Kier molecular flexibility index (Phi) is 9.50. The van der Waals surface area contributed by atoms with Crippen LogP contribution in [0.25, 0.3) is 22.5 Å². The summed E-state index contributed by atoms with van der Waals surface area (Å²) in [5.41, 5.74) is 5.75. The molecule has 0 saturated carbocycles. The first kappa shape index (κ1) is 32.7. The van der Waals surface area contributed by atoms with Crippen molar-refractivity contribution in [3.8, 4) is 22.5 Å². The number of amides is 1. The Hall–Kier alpha value is -4.67. The number of hydrogen-bond acceptors (Lipinski definition) is 5. The van der Waals surface area contributed by atoms with Crippen LogP contribution in [0.3, 0.4) is 0 Å². The standard InChI is InChI=1S/C36H34F2N2O5S/c1-36(2,3)29-12-8-25(9-13-29)32(18-23-4-6-26(7-5-23)35(41)39-16-17-46(42,43)44)33-22-34(45-40-33)28-19-27(20-31(38)21-28)24-10-14-30(37)15-11-24/h4-15,19-22,32H,16-18H2,1-3H3,(H,39,41)(H,42,43,44)/t32-/m0/s1. The molecular formula is C36H34F2N2O5S. The van der Waals surface area contributed by atoms with Crippen LogP contribution in [-0.2, 0) is 22.0 Å². The maximum atomic E-state index is 14.7. The monoisotopic (exact) mass is 644 g/mol. The largest absolute Gasteiger partial charge is 0.356 e. The van der Waals surface area contributed by atoms with E-state index in [1.54, 1.807) is 36.4 Å². The van der Waals surface area contributed by atoms with Crippen LogP contribution < -0.4 is 5.32 Å². The molecule has 5 rings (SSSR count). The summed E-state index contributed by atoms with van der Waals surface area (Å²) >= 11 is 0. The van der Waals surface area contributed by atoms with E-state index in [0.717, 1.165) is 11.1 Å². The number of rotatable bonds is 10. The predicted octanol–water partition coefficient (Wildman–Crippen LogP) is 7.58. The van der Waals surface area contributed by atoms with E-state index >= 15 is 0 Å². The first-order valence-electron chi connectivity index (χ1n) is 14.7. The van der Waals surface area contributed by atoms with Crippen LogP contribution in [0.1, 0.15) is 59.4 Å². The van der Waals surface area contributed by atoms with Gasteiger partial charge < -0.3 is 9.84 Å². The van der Waals surface area contributed by atoms with Gasteiger partial charge in [0.1, 0.15) is 11.6 Å². The van der Waals surface area contributed by atoms with Crippen LogP contribution in [0.5, 0.6) is 0 Å². The van der Waals surface area contributed by atoms with E-state index in [1.807, 2.05) is 12.1 Å². The van der Waals surface area contributed by atoms with E-state index in [9.17, 15) is 22.0 Å². The van der Waals surface area contributed by atoms with Crippen LogP contribution in [0.2, 0.25) is 0 Å². The zero-order valence-corrected chi connectivity index (χ0v) is 26.4. The molecule has 1 atom stereocenters. The van der Waals surface area contributed by atoms with Gasteiger partial charge in [-0.05, 0) is 82.1 Å². The van der Waals surface area contributed by atoms with E-state index in [1.165, 1.54) is 29.8 Å². The molecule has 0 radical (unpaired) electrons. The maximum Gasteiger partial charge on any atom is 0.266 e. The summed E-state index contributed by atoms with van der Waals surface area (Å²) in [6.45, 7) is 6.21. The number of benzene rings is 4. The lowest BCUT2D eigenvalue weighted by molar-refractivity contribution is 0.0956. The number of nitrogens with zero attached hydrogens (tertiary/aromatic N) is 1. The molecule has 0 unspecified atom stereocenters. The van der Waals surface area contributed by atoms with Crippen molar-refractivity contribution in [2.75, 3.05) is 12.3 Å². The summed E-state index contributed by atoms with van der Waals surface area (Å²) < 4.78 is 64.7. The van der Waals surface area contributed by atoms with E-state index in [0.29, 0.717) is 40.1 Å². The lowest BCUT2D eigenvalue weighted by Gasteiger charge is -2.21. The Labute approximate surface area is 267 Å². The highest BCUT2D eigenvalue weighted by Crippen LogP contribution is 2.34. The molecule has 4 aromatic carbocycles. The van der Waals surface area contributed by atoms with E-state index in [2.05, 4.69) is 55.5 Å². The molecular weight excluding hydrogens is 610 g/mol. The number of hydrogen-bond donors (Lipinski definition) is 2. The first-order valence-corrected chi connectivity index (χ1v) is 16.3. The first-order chi connectivity index (χ1) is 21.7. The van der Waals surface area contributed by atoms with Gasteiger partial charge in [-0.3, -0.25) is 9.35 Å². The lowest BCUT2D eigenvalue weighted by atomic mass is 9.83. The average molecular weight is 645 g/mol. The van der Waals surface area contributed by atoms with Crippen molar-refractivity contribution < 1.29 is 31.1 Å². The summed E-state index contributed by atoms with van der Waals surface area (Å²) in [7, 11) is -4.18. The van der Waals surface area contributed by atoms with Crippen molar-refractivity contribution in [2.45, 2.75) is 38.5 Å². The van der Waals surface area contributed by atoms with Gasteiger partial charge in [0.2, 0.25) is 0 Å². The van der Waals surface area contributed by atoms with Gasteiger partial charge in [-0.1, -0.05) is 74.5 Å². The summed E-state index contributed by atoms with van der Waals surface area (Å²) in [6.07, 6.45) is 0.509. The van der Waals surface area contributed by atoms with Crippen LogP contribution >= 0.6 is 0 Å². The Bertz CT molecular complexity index is 1930. The van der Waals surface area contributed by atoms with E-state index in [-0.39, 0.29) is 23.7 Å². The van der Waals surface area contributed by atoms with Crippen molar-refractivity contribution in [1.82, 2.24) is 10.5 Å². The molecule has 2 N–H and O–H groups in total. The molecule has 0 aliphatic heterocycles. The van der Waals surface area contributed by atoms with Gasteiger partial charge in [-0.15, -0.1) is 0 Å². The van der Waals surface area contributed by atoms with Crippen LogP contribution in [0.15, 0.2) is 102 Å². The van der Waals surface area contributed by atoms with Crippen molar-refractivity contribution in [3.05, 3.63) is 137 Å². The summed E-state index contributed by atoms with van der Waals surface area (Å²) in [4.78, 5) is 12.5. The van der Waals surface area contributed by atoms with Gasteiger partial charge in [-0.25, -0.2) is 8.78 Å². The number of aromatic nitrogens is 1. The lowest BCUT2D eigenvalue weighted by Crippen LogP contribution is -2.28. The van der Waals surface area contributed by atoms with Crippen molar-refractivity contribution in [1.29, 1.82) is 0 Å². The fourth-order valence-electron chi connectivity index (χ4n) is 5.16. The highest BCUT2D eigenvalue weighted by molar-refractivity contribution is 7.85. The fraction of sp³-hybridized carbons (Fsp3) is 0.222. The van der Waals surface area contributed by atoms with Gasteiger partial charge in [0.25, 0.3) is 16.0 Å². The second-order valence-corrected chi connectivity index (χ2v) is 13.8. The molecule has 1 aromatic heterocycles. The average Bonchev–Trinajstić information content (AvgIpc) is 3.49. The molecule has 1 heterocycles. The Balaban J connectivity index is 1.43. The maximum absolute atomic E-state index is 14.7. The normalized spacial score (nSPS) is 12.6. The summed E-state index contributed by atoms with van der Waals surface area (Å²) in [6, 6.07) is 27.4. The molecule has 7 nitrogen and oxygen atoms in total. The van der Waals surface area contributed by atoms with E-state index < -0.39 is 27.6 Å². The van der Waals surface area contributed by atoms with Gasteiger partial charge in [0.15, 0.2) is 5.76 Å². The second kappa shape index (κ2) is 13.4. The van der Waals surface area contributed by atoms with Crippen LogP contribution in [0, 0.1) is 11.6 Å². The fourth-order valence-corrected chi connectivity index (χ4v) is 5.52. The molecule has 5 aromatic rings. The second-order valence-electron chi connectivity index (χ2n) is 12.2. The molecule has 0 fully saturated rings. The zero-order chi connectivity index (χ0) is 33.1. The third-order valence-electron chi connectivity index (χ3n) is 7.73. The highest BCUT2D eigenvalue weighted by Gasteiger charge is 2.22. The SMILES string of the molecule is CC(C)(C)c1ccc([C@H](Cc2ccc(C(=O)NCCS(=O)(=O)O)cc2)c2cc(-c3cc(F)cc(-c4ccc(F)cc4)c3)on2)cc1. The summed E-state index contributed by atoms with van der Waals surface area (Å²) in [5.74, 6) is -1.74. The molecule has 0 bridgehead atoms. The Morgan fingerprint density at radius 1 is 0.848 bits per heavy atom. The third kappa shape index (κ3) is 8.32. The smallest absolute Gasteiger partial charge is 0.266 e. The van der Waals surface area contributed by atoms with Crippen LogP contribution in [-0.4, -0.2) is 36.3 Å². The number of carbonyl (C=O) groups is 1. The minimum Gasteiger partial charge on any atom is -0.356 e. The molecule has 0 aliphatic carbocycles. The molecule has 46 heavy (non-hydrogen) atoms. The number of carbonyl (C=O) groups excluding carboxylic acids is 1. The number of nitrogens with one attached hydrogen (secondary N) is 1. The van der Waals surface area contributed by atoms with Crippen molar-refractivity contribution in [2.24, 2.45) is 0 Å². The zero-order valence-electron chi connectivity index (χ0n) is 25.6. The third-order valence-corrected chi connectivity index (χ3v) is 8.45. The van der Waals surface area contributed by atoms with Gasteiger partial charge in [0, 0.05) is 29.7 Å². The molecule has 0 spiro atoms. The van der Waals surface area contributed by atoms with Gasteiger partial charge in [0.05, 0.1) is 11.4 Å². The molecule has 0 aliphatic rings. The highest BCUT2D eigenvalue weighted by atomic mass is 32.2. The van der Waals surface area contributed by atoms with Gasteiger partial charge >= 0.3 is 0 Å². The number of halogens is 2. The van der Waals surface area contributed by atoms with E-state index in [4.69, 9.17) is 9.08 Å². The van der Waals surface area contributed by atoms with Gasteiger partial charge in [-0.2, -0.15) is 8.42 Å². The molecule has 1 amide bonds. The van der Waals surface area contributed by atoms with Crippen LogP contribution in [0.4, 0.5) is 8.78 Å². The minimum absolute atomic E-state index is 0.0353. The summed E-state index contributed by atoms with van der Waals surface area (Å²) in [5, 5.41) is 6.88. The molecule has 10 heteroatoms. The molecule has 238 valence electrons. The van der Waals surface area contributed by atoms with Crippen molar-refractivity contribution >= 4 is 16.0 Å². The Morgan fingerprint density at radius 3 is 2.13 bits per heavy atom.